The van der Waals surface area contributed by atoms with Crippen molar-refractivity contribution in [3.05, 3.63) is 100 Å². The average Bonchev–Trinajstić information content (AvgIpc) is 3.10. The predicted molar refractivity (Wildman–Crippen MR) is 130 cm³/mol. The zero-order valence-corrected chi connectivity index (χ0v) is 19.3. The van der Waals surface area contributed by atoms with Crippen molar-refractivity contribution < 1.29 is 19.4 Å². The fraction of sp³-hybridized carbons (Fsp3) is 0.214. The van der Waals surface area contributed by atoms with Crippen molar-refractivity contribution in [1.82, 2.24) is 0 Å². The third-order valence-corrected chi connectivity index (χ3v) is 6.15. The number of ketones is 1. The molecular weight excluding hydrogens is 414 g/mol. The van der Waals surface area contributed by atoms with Gasteiger partial charge in [-0.25, -0.2) is 0 Å². The van der Waals surface area contributed by atoms with Crippen LogP contribution in [0.15, 0.2) is 72.3 Å². The number of carbonyl (C=O) groups is 2. The molecule has 1 amide bonds. The Morgan fingerprint density at radius 1 is 0.970 bits per heavy atom. The van der Waals surface area contributed by atoms with E-state index in [1.165, 1.54) is 4.90 Å². The standard InChI is InChI=1S/C28H27NO4/c1-5-19-8-12-21(13-9-19)29-25(20-10-14-22(33-4)15-11-20)24(27(31)28(29)32)26(30)23-16-17(2)6-7-18(23)3/h6-16,25,30H,5H2,1-4H3/b26-24+. The monoisotopic (exact) mass is 441 g/mol. The molecule has 0 aliphatic carbocycles. The van der Waals surface area contributed by atoms with Crippen molar-refractivity contribution in [2.45, 2.75) is 33.2 Å². The molecule has 1 heterocycles. The molecule has 0 bridgehead atoms. The van der Waals surface area contributed by atoms with Gasteiger partial charge in [0.25, 0.3) is 11.7 Å². The predicted octanol–water partition coefficient (Wildman–Crippen LogP) is 5.50. The Bertz CT molecular complexity index is 1240. The highest BCUT2D eigenvalue weighted by Gasteiger charge is 2.47. The van der Waals surface area contributed by atoms with E-state index in [4.69, 9.17) is 4.74 Å². The summed E-state index contributed by atoms with van der Waals surface area (Å²) < 4.78 is 5.27. The minimum atomic E-state index is -0.761. The Morgan fingerprint density at radius 2 is 1.64 bits per heavy atom. The number of aliphatic hydroxyl groups is 1. The maximum atomic E-state index is 13.3. The van der Waals surface area contributed by atoms with Crippen LogP contribution in [0, 0.1) is 13.8 Å². The molecule has 0 radical (unpaired) electrons. The van der Waals surface area contributed by atoms with Crippen molar-refractivity contribution in [2.75, 3.05) is 12.0 Å². The molecule has 0 spiro atoms. The molecule has 1 unspecified atom stereocenters. The molecule has 5 heteroatoms. The molecule has 1 saturated heterocycles. The summed E-state index contributed by atoms with van der Waals surface area (Å²) in [6, 6.07) is 19.7. The number of hydrogen-bond donors (Lipinski definition) is 1. The van der Waals surface area contributed by atoms with Gasteiger partial charge in [-0.2, -0.15) is 0 Å². The lowest BCUT2D eigenvalue weighted by Gasteiger charge is -2.26. The molecule has 1 aliphatic heterocycles. The van der Waals surface area contributed by atoms with Crippen molar-refractivity contribution in [3.63, 3.8) is 0 Å². The van der Waals surface area contributed by atoms with Crippen molar-refractivity contribution >= 4 is 23.1 Å². The summed E-state index contributed by atoms with van der Waals surface area (Å²) in [5.41, 5.74) is 4.85. The first-order chi connectivity index (χ1) is 15.8. The second-order valence-electron chi connectivity index (χ2n) is 8.28. The Kier molecular flexibility index (Phi) is 6.05. The smallest absolute Gasteiger partial charge is 0.300 e. The quantitative estimate of drug-likeness (QED) is 0.322. The van der Waals surface area contributed by atoms with Crippen molar-refractivity contribution in [3.8, 4) is 5.75 Å². The number of carbonyl (C=O) groups excluding carboxylic acids is 2. The molecule has 1 atom stereocenters. The number of anilines is 1. The number of rotatable bonds is 5. The Balaban J connectivity index is 1.94. The first kappa shape index (κ1) is 22.3. The van der Waals surface area contributed by atoms with E-state index in [2.05, 4.69) is 6.92 Å². The van der Waals surface area contributed by atoms with E-state index >= 15 is 0 Å². The first-order valence-electron chi connectivity index (χ1n) is 11.0. The topological polar surface area (TPSA) is 66.8 Å². The van der Waals surface area contributed by atoms with Crippen LogP contribution in [0.2, 0.25) is 0 Å². The highest BCUT2D eigenvalue weighted by molar-refractivity contribution is 6.51. The number of amides is 1. The fourth-order valence-corrected chi connectivity index (χ4v) is 4.23. The summed E-state index contributed by atoms with van der Waals surface area (Å²) in [4.78, 5) is 28.0. The number of hydrogen-bond acceptors (Lipinski definition) is 4. The molecule has 0 saturated carbocycles. The van der Waals surface area contributed by atoms with Gasteiger partial charge in [0.2, 0.25) is 0 Å². The highest BCUT2D eigenvalue weighted by Crippen LogP contribution is 2.43. The SMILES string of the molecule is CCc1ccc(N2C(=O)C(=O)/C(=C(/O)c3cc(C)ccc3C)C2c2ccc(OC)cc2)cc1. The third-order valence-electron chi connectivity index (χ3n) is 6.15. The van der Waals surface area contributed by atoms with Gasteiger partial charge in [0.1, 0.15) is 11.5 Å². The molecule has 0 aromatic heterocycles. The lowest BCUT2D eigenvalue weighted by Crippen LogP contribution is -2.29. The van der Waals surface area contributed by atoms with Crippen molar-refractivity contribution in [1.29, 1.82) is 0 Å². The number of Topliss-reactive ketones (excluding diaryl/α,β-unsaturated/α-hetero) is 1. The van der Waals surface area contributed by atoms with Gasteiger partial charge < -0.3 is 9.84 Å². The van der Waals surface area contributed by atoms with Crippen LogP contribution in [-0.4, -0.2) is 23.9 Å². The van der Waals surface area contributed by atoms with E-state index in [0.717, 1.165) is 23.1 Å². The van der Waals surface area contributed by atoms with Crippen LogP contribution in [0.25, 0.3) is 5.76 Å². The zero-order chi connectivity index (χ0) is 23.7. The minimum Gasteiger partial charge on any atom is -0.507 e. The van der Waals surface area contributed by atoms with E-state index in [1.54, 1.807) is 19.2 Å². The van der Waals surface area contributed by atoms with Gasteiger partial charge in [-0.15, -0.1) is 0 Å². The molecule has 168 valence electrons. The van der Waals surface area contributed by atoms with E-state index in [0.29, 0.717) is 22.6 Å². The summed E-state index contributed by atoms with van der Waals surface area (Å²) >= 11 is 0. The molecule has 33 heavy (non-hydrogen) atoms. The lowest BCUT2D eigenvalue weighted by molar-refractivity contribution is -0.132. The van der Waals surface area contributed by atoms with Crippen LogP contribution in [0.5, 0.6) is 5.75 Å². The number of nitrogens with zero attached hydrogens (tertiary/aromatic N) is 1. The molecule has 3 aromatic carbocycles. The molecule has 3 aromatic rings. The molecular formula is C28H27NO4. The maximum Gasteiger partial charge on any atom is 0.300 e. The zero-order valence-electron chi connectivity index (χ0n) is 19.3. The summed E-state index contributed by atoms with van der Waals surface area (Å²) in [5, 5.41) is 11.3. The molecule has 1 aliphatic rings. The van der Waals surface area contributed by atoms with Gasteiger partial charge in [-0.3, -0.25) is 14.5 Å². The van der Waals surface area contributed by atoms with Crippen LogP contribution >= 0.6 is 0 Å². The van der Waals surface area contributed by atoms with Crippen LogP contribution in [0.3, 0.4) is 0 Å². The largest absolute Gasteiger partial charge is 0.507 e. The number of aliphatic hydroxyl groups excluding tert-OH is 1. The fourth-order valence-electron chi connectivity index (χ4n) is 4.23. The summed E-state index contributed by atoms with van der Waals surface area (Å²) in [6.07, 6.45) is 0.869. The molecule has 1 fully saturated rings. The third kappa shape index (κ3) is 4.02. The molecule has 4 rings (SSSR count). The van der Waals surface area contributed by atoms with E-state index in [1.807, 2.05) is 68.4 Å². The van der Waals surface area contributed by atoms with Crippen LogP contribution < -0.4 is 9.64 Å². The van der Waals surface area contributed by atoms with Gasteiger partial charge in [0, 0.05) is 11.3 Å². The van der Waals surface area contributed by atoms with Crippen LogP contribution in [0.1, 0.15) is 40.8 Å². The average molecular weight is 442 g/mol. The van der Waals surface area contributed by atoms with Gasteiger partial charge in [-0.1, -0.05) is 48.9 Å². The normalized spacial score (nSPS) is 17.5. The van der Waals surface area contributed by atoms with Gasteiger partial charge in [0.05, 0.1) is 18.7 Å². The second kappa shape index (κ2) is 8.94. The lowest BCUT2D eigenvalue weighted by atomic mass is 9.93. The van der Waals surface area contributed by atoms with E-state index < -0.39 is 17.7 Å². The molecule has 1 N–H and O–H groups in total. The Morgan fingerprint density at radius 3 is 2.24 bits per heavy atom. The minimum absolute atomic E-state index is 0.0819. The van der Waals surface area contributed by atoms with Crippen molar-refractivity contribution in [2.24, 2.45) is 0 Å². The van der Waals surface area contributed by atoms with E-state index in [-0.39, 0.29) is 11.3 Å². The van der Waals surface area contributed by atoms with Gasteiger partial charge >= 0.3 is 0 Å². The van der Waals surface area contributed by atoms with Gasteiger partial charge in [-0.05, 0) is 67.3 Å². The first-order valence-corrected chi connectivity index (χ1v) is 11.0. The Hall–Kier alpha value is -3.86. The number of aryl methyl sites for hydroxylation is 3. The molecule has 5 nitrogen and oxygen atoms in total. The van der Waals surface area contributed by atoms with Crippen LogP contribution in [-0.2, 0) is 16.0 Å². The number of benzene rings is 3. The highest BCUT2D eigenvalue weighted by atomic mass is 16.5. The number of methoxy groups -OCH3 is 1. The maximum absolute atomic E-state index is 13.3. The van der Waals surface area contributed by atoms with E-state index in [9.17, 15) is 14.7 Å². The number of ether oxygens (including phenoxy) is 1. The summed E-state index contributed by atoms with van der Waals surface area (Å²) in [5.74, 6) is -0.860. The van der Waals surface area contributed by atoms with Crippen LogP contribution in [0.4, 0.5) is 5.69 Å². The van der Waals surface area contributed by atoms with Gasteiger partial charge in [0.15, 0.2) is 0 Å². The summed E-state index contributed by atoms with van der Waals surface area (Å²) in [6.45, 7) is 5.85. The second-order valence-corrected chi connectivity index (χ2v) is 8.28. The summed E-state index contributed by atoms with van der Waals surface area (Å²) in [7, 11) is 1.58. The Labute approximate surface area is 193 Å².